The van der Waals surface area contributed by atoms with E-state index in [-0.39, 0.29) is 17.4 Å². The van der Waals surface area contributed by atoms with Gasteiger partial charge in [0.2, 0.25) is 0 Å². The molecule has 4 heterocycles. The first-order valence-electron chi connectivity index (χ1n) is 10.8. The summed E-state index contributed by atoms with van der Waals surface area (Å²) in [5, 5.41) is 11.5. The summed E-state index contributed by atoms with van der Waals surface area (Å²) >= 11 is 7.74. The third-order valence-electron chi connectivity index (χ3n) is 6.83. The Balaban J connectivity index is 1.29. The number of hydrogen-bond donors (Lipinski definition) is 2. The Morgan fingerprint density at radius 2 is 2.00 bits per heavy atom. The number of aromatic nitrogens is 3. The van der Waals surface area contributed by atoms with E-state index in [2.05, 4.69) is 45.0 Å². The molecule has 1 atom stereocenters. The molecule has 1 aliphatic carbocycles. The number of hydrogen-bond acceptors (Lipinski definition) is 5. The Labute approximate surface area is 194 Å². The molecular weight excluding hydrogens is 442 g/mol. The predicted molar refractivity (Wildman–Crippen MR) is 126 cm³/mol. The molecule has 162 valence electrons. The number of thiazole rings is 1. The molecule has 3 aromatic heterocycles. The van der Waals surface area contributed by atoms with Gasteiger partial charge in [-0.1, -0.05) is 53.3 Å². The van der Waals surface area contributed by atoms with Crippen LogP contribution in [0.3, 0.4) is 0 Å². The minimum Gasteiger partial charge on any atom is -0.343 e. The van der Waals surface area contributed by atoms with Gasteiger partial charge in [0, 0.05) is 17.2 Å². The van der Waals surface area contributed by atoms with Gasteiger partial charge in [-0.2, -0.15) is 5.10 Å². The van der Waals surface area contributed by atoms with Crippen LogP contribution in [-0.4, -0.2) is 33.6 Å². The largest absolute Gasteiger partial charge is 0.343 e. The van der Waals surface area contributed by atoms with Crippen LogP contribution in [0.2, 0.25) is 4.34 Å². The van der Waals surface area contributed by atoms with Gasteiger partial charge in [0.1, 0.15) is 10.0 Å². The van der Waals surface area contributed by atoms with Gasteiger partial charge < -0.3 is 10.6 Å². The summed E-state index contributed by atoms with van der Waals surface area (Å²) in [7, 11) is 0. The lowest BCUT2D eigenvalue weighted by Gasteiger charge is -2.35. The average Bonchev–Trinajstić information content (AvgIpc) is 3.49. The van der Waals surface area contributed by atoms with E-state index in [4.69, 9.17) is 11.6 Å². The van der Waals surface area contributed by atoms with Crippen molar-refractivity contribution < 1.29 is 4.79 Å². The van der Waals surface area contributed by atoms with Crippen LogP contribution in [0.25, 0.3) is 16.8 Å². The second-order valence-corrected chi connectivity index (χ2v) is 10.2. The molecule has 2 N–H and O–H groups in total. The van der Waals surface area contributed by atoms with E-state index in [1.165, 1.54) is 22.5 Å². The SMILES string of the molecule is O=C(NC1CC2(CCNCC2)c2ccccc21)c1nc(-c2cnn3ccccc23)c(Cl)s1. The number of benzene rings is 1. The van der Waals surface area contributed by atoms with Gasteiger partial charge in [-0.15, -0.1) is 0 Å². The van der Waals surface area contributed by atoms with Gasteiger partial charge in [0.05, 0.1) is 17.8 Å². The van der Waals surface area contributed by atoms with Crippen molar-refractivity contribution in [3.05, 3.63) is 75.3 Å². The van der Waals surface area contributed by atoms with Crippen LogP contribution in [0.5, 0.6) is 0 Å². The molecule has 4 aromatic rings. The van der Waals surface area contributed by atoms with Gasteiger partial charge in [-0.25, -0.2) is 9.50 Å². The van der Waals surface area contributed by atoms with Crippen molar-refractivity contribution in [1.82, 2.24) is 25.2 Å². The number of nitrogens with one attached hydrogen (secondary N) is 2. The summed E-state index contributed by atoms with van der Waals surface area (Å²) in [5.41, 5.74) is 5.09. The van der Waals surface area contributed by atoms with Crippen LogP contribution in [-0.2, 0) is 5.41 Å². The number of fused-ring (bicyclic) bond motifs is 3. The van der Waals surface area contributed by atoms with E-state index < -0.39 is 0 Å². The summed E-state index contributed by atoms with van der Waals surface area (Å²) in [5.74, 6) is -0.176. The number of rotatable bonds is 3. The monoisotopic (exact) mass is 463 g/mol. The van der Waals surface area contributed by atoms with Crippen molar-refractivity contribution in [2.75, 3.05) is 13.1 Å². The first-order valence-corrected chi connectivity index (χ1v) is 12.0. The summed E-state index contributed by atoms with van der Waals surface area (Å²) in [4.78, 5) is 17.8. The molecule has 1 amide bonds. The molecule has 2 aliphatic rings. The van der Waals surface area contributed by atoms with E-state index in [1.807, 2.05) is 24.4 Å². The van der Waals surface area contributed by atoms with Crippen molar-refractivity contribution >= 4 is 34.4 Å². The third-order valence-corrected chi connectivity index (χ3v) is 8.08. The van der Waals surface area contributed by atoms with Gasteiger partial charge in [0.25, 0.3) is 5.91 Å². The Bertz CT molecular complexity index is 1320. The number of carbonyl (C=O) groups is 1. The average molecular weight is 464 g/mol. The number of nitrogens with zero attached hydrogens (tertiary/aromatic N) is 3. The molecular formula is C24H22ClN5OS. The minimum atomic E-state index is -0.176. The van der Waals surface area contributed by atoms with Gasteiger partial charge in [0.15, 0.2) is 5.01 Å². The van der Waals surface area contributed by atoms with Crippen LogP contribution in [0, 0.1) is 0 Å². The molecule has 32 heavy (non-hydrogen) atoms. The Morgan fingerprint density at radius 3 is 2.88 bits per heavy atom. The molecule has 1 saturated heterocycles. The van der Waals surface area contributed by atoms with Crippen molar-refractivity contribution in [3.8, 4) is 11.3 Å². The van der Waals surface area contributed by atoms with Gasteiger partial charge in [-0.05, 0) is 55.6 Å². The fourth-order valence-electron chi connectivity index (χ4n) is 5.30. The van der Waals surface area contributed by atoms with Gasteiger partial charge >= 0.3 is 0 Å². The van der Waals surface area contributed by atoms with Crippen LogP contribution in [0.15, 0.2) is 54.9 Å². The molecule has 1 aliphatic heterocycles. The van der Waals surface area contributed by atoms with Crippen molar-refractivity contribution in [3.63, 3.8) is 0 Å². The molecule has 1 unspecified atom stereocenters. The second kappa shape index (κ2) is 7.69. The zero-order chi connectivity index (χ0) is 21.7. The number of carbonyl (C=O) groups excluding carboxylic acids is 1. The highest BCUT2D eigenvalue weighted by atomic mass is 35.5. The summed E-state index contributed by atoms with van der Waals surface area (Å²) in [6.07, 6.45) is 6.74. The first-order chi connectivity index (χ1) is 15.6. The van der Waals surface area contributed by atoms with E-state index in [1.54, 1.807) is 10.7 Å². The van der Waals surface area contributed by atoms with Crippen molar-refractivity contribution in [1.29, 1.82) is 0 Å². The summed E-state index contributed by atoms with van der Waals surface area (Å²) < 4.78 is 2.27. The fourth-order valence-corrected chi connectivity index (χ4v) is 6.38. The highest BCUT2D eigenvalue weighted by molar-refractivity contribution is 7.18. The van der Waals surface area contributed by atoms with Crippen molar-refractivity contribution in [2.24, 2.45) is 0 Å². The lowest BCUT2D eigenvalue weighted by Crippen LogP contribution is -2.39. The number of piperidine rings is 1. The number of amides is 1. The highest BCUT2D eigenvalue weighted by Gasteiger charge is 2.44. The molecule has 0 saturated carbocycles. The summed E-state index contributed by atoms with van der Waals surface area (Å²) in [6.45, 7) is 2.03. The zero-order valence-electron chi connectivity index (χ0n) is 17.3. The molecule has 1 aromatic carbocycles. The Kier molecular flexibility index (Phi) is 4.78. The first kappa shape index (κ1) is 19.9. The minimum absolute atomic E-state index is 0.0140. The Hall–Kier alpha value is -2.74. The lowest BCUT2D eigenvalue weighted by atomic mass is 9.74. The molecule has 6 nitrogen and oxygen atoms in total. The Morgan fingerprint density at radius 1 is 1.19 bits per heavy atom. The normalized spacial score (nSPS) is 19.3. The molecule has 6 rings (SSSR count). The highest BCUT2D eigenvalue weighted by Crippen LogP contribution is 2.50. The van der Waals surface area contributed by atoms with E-state index in [0.717, 1.165) is 43.4 Å². The number of pyridine rings is 1. The van der Waals surface area contributed by atoms with Crippen LogP contribution >= 0.6 is 22.9 Å². The van der Waals surface area contributed by atoms with Gasteiger partial charge in [-0.3, -0.25) is 4.79 Å². The third kappa shape index (κ3) is 3.15. The molecule has 0 radical (unpaired) electrons. The maximum Gasteiger partial charge on any atom is 0.280 e. The fraction of sp³-hybridized carbons (Fsp3) is 0.292. The van der Waals surface area contributed by atoms with E-state index in [0.29, 0.717) is 15.0 Å². The lowest BCUT2D eigenvalue weighted by molar-refractivity contribution is 0.0931. The smallest absolute Gasteiger partial charge is 0.280 e. The molecule has 1 fully saturated rings. The maximum atomic E-state index is 13.2. The van der Waals surface area contributed by atoms with Crippen LogP contribution < -0.4 is 10.6 Å². The van der Waals surface area contributed by atoms with Crippen LogP contribution in [0.4, 0.5) is 0 Å². The second-order valence-electron chi connectivity index (χ2n) is 8.58. The zero-order valence-corrected chi connectivity index (χ0v) is 18.9. The van der Waals surface area contributed by atoms with Crippen molar-refractivity contribution in [2.45, 2.75) is 30.7 Å². The number of halogens is 1. The summed E-state index contributed by atoms with van der Waals surface area (Å²) in [6, 6.07) is 14.4. The topological polar surface area (TPSA) is 71.3 Å². The standard InChI is InChI=1S/C24H22ClN5OS/c25-21-20(16-14-27-30-12-4-3-7-19(16)30)29-23(32-21)22(31)28-18-13-24(8-10-26-11-9-24)17-6-2-1-5-15(17)18/h1-7,12,14,18,26H,8-11,13H2,(H,28,31). The molecule has 8 heteroatoms. The quantitative estimate of drug-likeness (QED) is 0.465. The van der Waals surface area contributed by atoms with Crippen LogP contribution in [0.1, 0.15) is 46.2 Å². The predicted octanol–water partition coefficient (Wildman–Crippen LogP) is 4.61. The maximum absolute atomic E-state index is 13.2. The van der Waals surface area contributed by atoms with E-state index >= 15 is 0 Å². The molecule has 0 bridgehead atoms. The van der Waals surface area contributed by atoms with E-state index in [9.17, 15) is 4.79 Å². The molecule has 1 spiro atoms.